The Kier molecular flexibility index (Phi) is 29.1. The van der Waals surface area contributed by atoms with Crippen LogP contribution in [0.25, 0.3) is 0 Å². The lowest BCUT2D eigenvalue weighted by atomic mass is 10.1. The first-order valence-electron chi connectivity index (χ1n) is 16.2. The molecule has 41 heavy (non-hydrogen) atoms. The summed E-state index contributed by atoms with van der Waals surface area (Å²) >= 11 is 0. The van der Waals surface area contributed by atoms with Gasteiger partial charge < -0.3 is 19.7 Å². The Morgan fingerprint density at radius 2 is 1.15 bits per heavy atom. The average Bonchev–Trinajstić information content (AvgIpc) is 2.95. The van der Waals surface area contributed by atoms with Gasteiger partial charge in [-0.1, -0.05) is 107 Å². The molecule has 2 atom stereocenters. The van der Waals surface area contributed by atoms with Crippen molar-refractivity contribution in [2.45, 2.75) is 148 Å². The van der Waals surface area contributed by atoms with Gasteiger partial charge in [0.1, 0.15) is 6.61 Å². The van der Waals surface area contributed by atoms with Crippen molar-refractivity contribution >= 4 is 11.9 Å². The zero-order valence-corrected chi connectivity index (χ0v) is 26.2. The smallest absolute Gasteiger partial charge is 0.306 e. The number of carbonyl (C=O) groups excluding carboxylic acids is 2. The number of esters is 2. The van der Waals surface area contributed by atoms with E-state index in [1.54, 1.807) is 0 Å². The van der Waals surface area contributed by atoms with Crippen molar-refractivity contribution in [2.24, 2.45) is 0 Å². The van der Waals surface area contributed by atoms with Crippen LogP contribution in [0, 0.1) is 0 Å². The quantitative estimate of drug-likeness (QED) is 0.0551. The maximum Gasteiger partial charge on any atom is 0.306 e. The van der Waals surface area contributed by atoms with E-state index in [4.69, 9.17) is 9.47 Å². The van der Waals surface area contributed by atoms with Crippen molar-refractivity contribution in [2.75, 3.05) is 13.2 Å². The molecule has 0 rings (SSSR count). The third-order valence-electron chi connectivity index (χ3n) is 6.64. The molecule has 0 aromatic rings. The molecule has 0 radical (unpaired) electrons. The summed E-state index contributed by atoms with van der Waals surface area (Å²) in [6, 6.07) is 0. The van der Waals surface area contributed by atoms with Crippen LogP contribution in [0.15, 0.2) is 48.6 Å². The number of carbonyl (C=O) groups is 2. The van der Waals surface area contributed by atoms with Gasteiger partial charge in [-0.05, 0) is 64.7 Å². The van der Waals surface area contributed by atoms with Gasteiger partial charge in [-0.25, -0.2) is 0 Å². The van der Waals surface area contributed by atoms with Crippen molar-refractivity contribution in [3.05, 3.63) is 48.6 Å². The van der Waals surface area contributed by atoms with Crippen LogP contribution in [0.2, 0.25) is 0 Å². The number of hydrogen-bond acceptors (Lipinski definition) is 6. The molecule has 0 aliphatic carbocycles. The lowest BCUT2D eigenvalue weighted by molar-refractivity contribution is -0.161. The Balaban J connectivity index is 3.74. The molecular weight excluding hydrogens is 516 g/mol. The second kappa shape index (κ2) is 30.8. The summed E-state index contributed by atoms with van der Waals surface area (Å²) < 4.78 is 10.5. The van der Waals surface area contributed by atoms with Crippen LogP contribution in [0.3, 0.4) is 0 Å². The van der Waals surface area contributed by atoms with Crippen molar-refractivity contribution in [3.8, 4) is 0 Å². The summed E-state index contributed by atoms with van der Waals surface area (Å²) in [5.74, 6) is -0.681. The molecular formula is C35H60O6. The zero-order chi connectivity index (χ0) is 30.2. The maximum atomic E-state index is 12.1. The van der Waals surface area contributed by atoms with E-state index in [2.05, 4.69) is 55.5 Å². The van der Waals surface area contributed by atoms with E-state index >= 15 is 0 Å². The molecule has 0 spiro atoms. The van der Waals surface area contributed by atoms with E-state index < -0.39 is 6.10 Å². The minimum atomic E-state index is -0.805. The molecule has 0 aromatic carbocycles. The predicted molar refractivity (Wildman–Crippen MR) is 170 cm³/mol. The summed E-state index contributed by atoms with van der Waals surface area (Å²) in [5, 5.41) is 18.7. The standard InChI is InChI=1S/C35H60O6/c1-3-4-5-6-7-15-19-22-25-28-34(38)40-31-33(30-36)41-35(39)29-26-23-20-17-14-12-10-8-9-11-13-16-18-21-24-27-32(2)37/h9-12,16-18,20,32-33,36-37H,3-8,13-15,19,21-31H2,1-2H3/b11-9-,12-10-,18-16-,20-17-/t32-,33-/m0/s1. The molecule has 0 amide bonds. The van der Waals surface area contributed by atoms with Gasteiger partial charge in [0.25, 0.3) is 0 Å². The Morgan fingerprint density at radius 1 is 0.659 bits per heavy atom. The van der Waals surface area contributed by atoms with Gasteiger partial charge in [-0.15, -0.1) is 0 Å². The van der Waals surface area contributed by atoms with Gasteiger partial charge in [0.15, 0.2) is 6.10 Å². The Hall–Kier alpha value is -2.18. The summed E-state index contributed by atoms with van der Waals surface area (Å²) in [5.41, 5.74) is 0. The van der Waals surface area contributed by atoms with Gasteiger partial charge >= 0.3 is 11.9 Å². The van der Waals surface area contributed by atoms with E-state index in [0.29, 0.717) is 12.8 Å². The fraction of sp³-hybridized carbons (Fsp3) is 0.714. The van der Waals surface area contributed by atoms with Crippen molar-refractivity contribution < 1.29 is 29.3 Å². The fourth-order valence-corrected chi connectivity index (χ4v) is 4.15. The highest BCUT2D eigenvalue weighted by molar-refractivity contribution is 5.70. The van der Waals surface area contributed by atoms with E-state index in [-0.39, 0.29) is 37.7 Å². The Bertz CT molecular complexity index is 722. The monoisotopic (exact) mass is 576 g/mol. The highest BCUT2D eigenvalue weighted by Crippen LogP contribution is 2.11. The SMILES string of the molecule is CCCCCCCCCCCC(=O)OC[C@H](CO)OC(=O)CCC/C=C\C/C=C\C/C=C\C/C=C\CCC[C@H](C)O. The van der Waals surface area contributed by atoms with Crippen molar-refractivity contribution in [3.63, 3.8) is 0 Å². The maximum absolute atomic E-state index is 12.1. The minimum absolute atomic E-state index is 0.0958. The van der Waals surface area contributed by atoms with E-state index in [9.17, 15) is 19.8 Å². The van der Waals surface area contributed by atoms with Crippen LogP contribution in [-0.2, 0) is 19.1 Å². The fourth-order valence-electron chi connectivity index (χ4n) is 4.15. The largest absolute Gasteiger partial charge is 0.462 e. The molecule has 0 bridgehead atoms. The number of aliphatic hydroxyl groups excluding tert-OH is 2. The molecule has 0 unspecified atom stereocenters. The number of ether oxygens (including phenoxy) is 2. The summed E-state index contributed by atoms with van der Waals surface area (Å²) in [6.07, 6.45) is 34.5. The molecule has 6 heteroatoms. The van der Waals surface area contributed by atoms with Crippen LogP contribution in [0.5, 0.6) is 0 Å². The van der Waals surface area contributed by atoms with Crippen LogP contribution in [0.4, 0.5) is 0 Å². The summed E-state index contributed by atoms with van der Waals surface area (Å²) in [4.78, 5) is 24.0. The topological polar surface area (TPSA) is 93.1 Å². The minimum Gasteiger partial charge on any atom is -0.462 e. The first kappa shape index (κ1) is 38.8. The first-order chi connectivity index (χ1) is 20.0. The third kappa shape index (κ3) is 30.6. The first-order valence-corrected chi connectivity index (χ1v) is 16.2. The lowest BCUT2D eigenvalue weighted by Gasteiger charge is -2.15. The molecule has 0 aromatic heterocycles. The van der Waals surface area contributed by atoms with Gasteiger partial charge in [0.05, 0.1) is 12.7 Å². The predicted octanol–water partition coefficient (Wildman–Crippen LogP) is 8.47. The molecule has 0 heterocycles. The highest BCUT2D eigenvalue weighted by Gasteiger charge is 2.15. The van der Waals surface area contributed by atoms with Gasteiger partial charge in [0.2, 0.25) is 0 Å². The van der Waals surface area contributed by atoms with Crippen molar-refractivity contribution in [1.29, 1.82) is 0 Å². The third-order valence-corrected chi connectivity index (χ3v) is 6.64. The van der Waals surface area contributed by atoms with Gasteiger partial charge in [-0.3, -0.25) is 9.59 Å². The number of unbranched alkanes of at least 4 members (excludes halogenated alkanes) is 10. The van der Waals surface area contributed by atoms with E-state index in [0.717, 1.165) is 64.2 Å². The molecule has 236 valence electrons. The van der Waals surface area contributed by atoms with E-state index in [1.807, 2.05) is 6.92 Å². The zero-order valence-electron chi connectivity index (χ0n) is 26.2. The van der Waals surface area contributed by atoms with Crippen LogP contribution < -0.4 is 0 Å². The molecule has 2 N–H and O–H groups in total. The molecule has 0 saturated heterocycles. The number of hydrogen-bond donors (Lipinski definition) is 2. The van der Waals surface area contributed by atoms with Crippen LogP contribution in [0.1, 0.15) is 136 Å². The Labute approximate surface area is 251 Å². The summed E-state index contributed by atoms with van der Waals surface area (Å²) in [7, 11) is 0. The second-order valence-corrected chi connectivity index (χ2v) is 10.8. The summed E-state index contributed by atoms with van der Waals surface area (Å²) in [6.45, 7) is 3.59. The molecule has 0 aliphatic rings. The number of allylic oxidation sites excluding steroid dienone is 8. The van der Waals surface area contributed by atoms with E-state index in [1.165, 1.54) is 38.5 Å². The van der Waals surface area contributed by atoms with Gasteiger partial charge in [-0.2, -0.15) is 0 Å². The number of rotatable bonds is 28. The van der Waals surface area contributed by atoms with Crippen molar-refractivity contribution in [1.82, 2.24) is 0 Å². The Morgan fingerprint density at radius 3 is 1.68 bits per heavy atom. The van der Waals surface area contributed by atoms with Crippen LogP contribution >= 0.6 is 0 Å². The van der Waals surface area contributed by atoms with Crippen LogP contribution in [-0.4, -0.2) is 47.6 Å². The number of aliphatic hydroxyl groups is 2. The molecule has 0 saturated carbocycles. The highest BCUT2D eigenvalue weighted by atomic mass is 16.6. The normalized spacial score (nSPS) is 13.6. The lowest BCUT2D eigenvalue weighted by Crippen LogP contribution is -2.28. The second-order valence-electron chi connectivity index (χ2n) is 10.8. The van der Waals surface area contributed by atoms with Gasteiger partial charge in [0, 0.05) is 12.8 Å². The molecule has 0 fully saturated rings. The molecule has 0 aliphatic heterocycles. The average molecular weight is 577 g/mol. The molecule has 6 nitrogen and oxygen atoms in total.